The monoisotopic (exact) mass is 188 g/mol. The molecule has 1 heterocycles. The number of thiol groups is 1. The number of carboxylic acid groups (broad SMARTS) is 1. The van der Waals surface area contributed by atoms with E-state index < -0.39 is 5.97 Å². The average molecular weight is 188 g/mol. The van der Waals surface area contributed by atoms with Crippen molar-refractivity contribution in [1.29, 1.82) is 0 Å². The lowest BCUT2D eigenvalue weighted by Crippen LogP contribution is -1.96. The number of carbonyl (C=O) groups is 1. The zero-order valence-electron chi connectivity index (χ0n) is 5.78. The van der Waals surface area contributed by atoms with Crippen LogP contribution in [0.1, 0.15) is 9.75 Å². The molecular weight excluding hydrogens is 180 g/mol. The lowest BCUT2D eigenvalue weighted by atomic mass is 10.3. The third kappa shape index (κ3) is 2.55. The van der Waals surface area contributed by atoms with Crippen LogP contribution in [-0.4, -0.2) is 11.1 Å². The lowest BCUT2D eigenvalue weighted by Gasteiger charge is -1.87. The highest BCUT2D eigenvalue weighted by Crippen LogP contribution is 2.18. The van der Waals surface area contributed by atoms with Gasteiger partial charge < -0.3 is 5.11 Å². The summed E-state index contributed by atoms with van der Waals surface area (Å²) < 4.78 is 0. The summed E-state index contributed by atoms with van der Waals surface area (Å²) in [5.74, 6) is -0.0952. The van der Waals surface area contributed by atoms with E-state index in [0.29, 0.717) is 5.75 Å². The smallest absolute Gasteiger partial charge is 0.308 e. The van der Waals surface area contributed by atoms with E-state index in [9.17, 15) is 4.79 Å². The second kappa shape index (κ2) is 3.78. The molecule has 0 fully saturated rings. The Morgan fingerprint density at radius 1 is 1.55 bits per heavy atom. The minimum atomic E-state index is -0.780. The Morgan fingerprint density at radius 3 is 2.64 bits per heavy atom. The van der Waals surface area contributed by atoms with E-state index in [1.807, 2.05) is 12.1 Å². The molecule has 0 amide bonds. The molecule has 60 valence electrons. The van der Waals surface area contributed by atoms with Crippen molar-refractivity contribution >= 4 is 29.9 Å². The van der Waals surface area contributed by atoms with Crippen LogP contribution < -0.4 is 0 Å². The highest BCUT2D eigenvalue weighted by atomic mass is 32.1. The Morgan fingerprint density at radius 2 is 2.18 bits per heavy atom. The molecule has 0 radical (unpaired) electrons. The largest absolute Gasteiger partial charge is 0.481 e. The summed E-state index contributed by atoms with van der Waals surface area (Å²) in [5, 5.41) is 8.44. The van der Waals surface area contributed by atoms with Gasteiger partial charge in [-0.25, -0.2) is 0 Å². The van der Waals surface area contributed by atoms with Crippen LogP contribution in [0.25, 0.3) is 0 Å². The molecular formula is C7H8O2S2. The maximum Gasteiger partial charge on any atom is 0.308 e. The van der Waals surface area contributed by atoms with Crippen molar-refractivity contribution in [3.05, 3.63) is 21.9 Å². The fourth-order valence-electron chi connectivity index (χ4n) is 0.751. The minimum Gasteiger partial charge on any atom is -0.481 e. The molecule has 0 unspecified atom stereocenters. The first-order valence-corrected chi connectivity index (χ1v) is 4.57. The second-order valence-corrected chi connectivity index (χ2v) is 3.67. The summed E-state index contributed by atoms with van der Waals surface area (Å²) in [6, 6.07) is 3.75. The number of hydrogen-bond donors (Lipinski definition) is 2. The molecule has 11 heavy (non-hydrogen) atoms. The molecule has 0 saturated heterocycles. The number of aliphatic carboxylic acids is 1. The Labute approximate surface area is 74.3 Å². The van der Waals surface area contributed by atoms with Crippen LogP contribution in [-0.2, 0) is 17.0 Å². The Kier molecular flexibility index (Phi) is 2.96. The Bertz CT molecular complexity index is 255. The molecule has 1 N–H and O–H groups in total. The molecule has 1 aromatic heterocycles. The summed E-state index contributed by atoms with van der Waals surface area (Å²) in [4.78, 5) is 12.3. The fourth-order valence-corrected chi connectivity index (χ4v) is 1.92. The van der Waals surface area contributed by atoms with Crippen molar-refractivity contribution in [2.75, 3.05) is 0 Å². The van der Waals surface area contributed by atoms with Gasteiger partial charge in [0, 0.05) is 15.5 Å². The van der Waals surface area contributed by atoms with Gasteiger partial charge in [0.25, 0.3) is 0 Å². The van der Waals surface area contributed by atoms with Crippen molar-refractivity contribution in [3.63, 3.8) is 0 Å². The van der Waals surface area contributed by atoms with E-state index in [1.54, 1.807) is 0 Å². The quantitative estimate of drug-likeness (QED) is 0.710. The summed E-state index contributed by atoms with van der Waals surface area (Å²) in [5.41, 5.74) is 0. The van der Waals surface area contributed by atoms with Gasteiger partial charge in [0.2, 0.25) is 0 Å². The molecule has 0 saturated carbocycles. The van der Waals surface area contributed by atoms with Gasteiger partial charge in [0.05, 0.1) is 6.42 Å². The van der Waals surface area contributed by atoms with Gasteiger partial charge in [0.15, 0.2) is 0 Å². The van der Waals surface area contributed by atoms with E-state index in [0.717, 1.165) is 9.75 Å². The summed E-state index contributed by atoms with van der Waals surface area (Å²) >= 11 is 5.58. The summed E-state index contributed by atoms with van der Waals surface area (Å²) in [7, 11) is 0. The zero-order chi connectivity index (χ0) is 8.27. The van der Waals surface area contributed by atoms with Crippen LogP contribution in [0.5, 0.6) is 0 Å². The van der Waals surface area contributed by atoms with Gasteiger partial charge in [-0.2, -0.15) is 12.6 Å². The van der Waals surface area contributed by atoms with Crippen molar-refractivity contribution in [1.82, 2.24) is 0 Å². The SMILES string of the molecule is O=C(O)Cc1ccc(CS)s1. The maximum atomic E-state index is 10.3. The maximum absolute atomic E-state index is 10.3. The van der Waals surface area contributed by atoms with E-state index in [2.05, 4.69) is 12.6 Å². The van der Waals surface area contributed by atoms with Crippen molar-refractivity contribution < 1.29 is 9.90 Å². The van der Waals surface area contributed by atoms with Gasteiger partial charge in [-0.05, 0) is 12.1 Å². The predicted molar refractivity (Wildman–Crippen MR) is 48.3 cm³/mol. The van der Waals surface area contributed by atoms with Crippen LogP contribution in [0, 0.1) is 0 Å². The molecule has 1 rings (SSSR count). The minimum absolute atomic E-state index is 0.123. The van der Waals surface area contributed by atoms with Crippen LogP contribution in [0.4, 0.5) is 0 Å². The summed E-state index contributed by atoms with van der Waals surface area (Å²) in [6.45, 7) is 0. The van der Waals surface area contributed by atoms with Crippen molar-refractivity contribution in [3.8, 4) is 0 Å². The van der Waals surface area contributed by atoms with Gasteiger partial charge in [-0.1, -0.05) is 0 Å². The number of thiophene rings is 1. The van der Waals surface area contributed by atoms with E-state index in [4.69, 9.17) is 5.11 Å². The fraction of sp³-hybridized carbons (Fsp3) is 0.286. The normalized spacial score (nSPS) is 9.91. The van der Waals surface area contributed by atoms with Gasteiger partial charge in [-0.15, -0.1) is 11.3 Å². The summed E-state index contributed by atoms with van der Waals surface area (Å²) in [6.07, 6.45) is 0.123. The highest BCUT2D eigenvalue weighted by Gasteiger charge is 2.02. The standard InChI is InChI=1S/C7H8O2S2/c8-7(9)3-5-1-2-6(4-10)11-5/h1-2,10H,3-4H2,(H,8,9). The molecule has 1 aromatic rings. The van der Waals surface area contributed by atoms with Gasteiger partial charge >= 0.3 is 5.97 Å². The molecule has 0 aliphatic carbocycles. The molecule has 0 aliphatic heterocycles. The lowest BCUT2D eigenvalue weighted by molar-refractivity contribution is -0.136. The highest BCUT2D eigenvalue weighted by molar-refractivity contribution is 7.79. The van der Waals surface area contributed by atoms with Crippen molar-refractivity contribution in [2.24, 2.45) is 0 Å². The first-order valence-electron chi connectivity index (χ1n) is 3.12. The number of carboxylic acids is 1. The third-order valence-electron chi connectivity index (χ3n) is 1.20. The molecule has 0 bridgehead atoms. The first-order chi connectivity index (χ1) is 5.22. The molecule has 2 nitrogen and oxygen atoms in total. The Hall–Kier alpha value is -0.480. The molecule has 4 heteroatoms. The van der Waals surface area contributed by atoms with Gasteiger partial charge in [0.1, 0.15) is 0 Å². The number of hydrogen-bond acceptors (Lipinski definition) is 3. The van der Waals surface area contributed by atoms with Crippen LogP contribution in [0.2, 0.25) is 0 Å². The van der Waals surface area contributed by atoms with Crippen molar-refractivity contribution in [2.45, 2.75) is 12.2 Å². The second-order valence-electron chi connectivity index (χ2n) is 2.10. The topological polar surface area (TPSA) is 37.3 Å². The van der Waals surface area contributed by atoms with Gasteiger partial charge in [-0.3, -0.25) is 4.79 Å². The molecule has 0 aliphatic rings. The molecule has 0 spiro atoms. The first kappa shape index (κ1) is 8.62. The van der Waals surface area contributed by atoms with E-state index in [1.165, 1.54) is 11.3 Å². The third-order valence-corrected chi connectivity index (χ3v) is 2.84. The molecule has 0 aromatic carbocycles. The zero-order valence-corrected chi connectivity index (χ0v) is 7.49. The van der Waals surface area contributed by atoms with Crippen LogP contribution >= 0.6 is 24.0 Å². The Balaban J connectivity index is 2.65. The van der Waals surface area contributed by atoms with E-state index in [-0.39, 0.29) is 6.42 Å². The number of rotatable bonds is 3. The van der Waals surface area contributed by atoms with Crippen LogP contribution in [0.15, 0.2) is 12.1 Å². The van der Waals surface area contributed by atoms with Crippen LogP contribution in [0.3, 0.4) is 0 Å². The predicted octanol–water partition coefficient (Wildman–Crippen LogP) is 1.81. The average Bonchev–Trinajstić information content (AvgIpc) is 2.34. The molecule has 0 atom stereocenters. The van der Waals surface area contributed by atoms with E-state index >= 15 is 0 Å².